The van der Waals surface area contributed by atoms with E-state index in [4.69, 9.17) is 5.73 Å². The van der Waals surface area contributed by atoms with E-state index >= 15 is 0 Å². The largest absolute Gasteiger partial charge is 0.378 e. The van der Waals surface area contributed by atoms with Crippen LogP contribution >= 0.6 is 11.8 Å². The summed E-state index contributed by atoms with van der Waals surface area (Å²) in [7, 11) is 1.81. The summed E-state index contributed by atoms with van der Waals surface area (Å²) in [5.74, 6) is 0.308. The summed E-state index contributed by atoms with van der Waals surface area (Å²) in [5, 5.41) is 27.9. The first-order valence-corrected chi connectivity index (χ1v) is 10.9. The van der Waals surface area contributed by atoms with Crippen molar-refractivity contribution in [1.29, 1.82) is 0 Å². The van der Waals surface area contributed by atoms with Gasteiger partial charge in [-0.15, -0.1) is 15.3 Å². The standard InChI is InChI=1S/C19H21N11O2S/c1-11(2)13-6-4-12(5-7-13)8-21-24-18(31)15-14(9-33-19-25-22-10-29(19)3)30(28-23-15)17-16(20)26-32-27-17/h4-8,10-11H,9H2,1-3H3,(H2,20,26)(H,24,31). The van der Waals surface area contributed by atoms with Crippen LogP contribution in [-0.4, -0.2) is 52.2 Å². The normalized spacial score (nSPS) is 11.5. The number of hydrazone groups is 1. The van der Waals surface area contributed by atoms with Crippen LogP contribution in [0.25, 0.3) is 5.82 Å². The van der Waals surface area contributed by atoms with Crippen LogP contribution in [0.3, 0.4) is 0 Å². The number of benzene rings is 1. The zero-order chi connectivity index (χ0) is 23.4. The van der Waals surface area contributed by atoms with Crippen molar-refractivity contribution in [3.05, 3.63) is 53.1 Å². The predicted molar refractivity (Wildman–Crippen MR) is 120 cm³/mol. The number of hydrogen-bond acceptors (Lipinski definition) is 11. The average molecular weight is 468 g/mol. The molecule has 170 valence electrons. The Bertz CT molecular complexity index is 1270. The van der Waals surface area contributed by atoms with E-state index in [0.29, 0.717) is 16.8 Å². The van der Waals surface area contributed by atoms with Gasteiger partial charge < -0.3 is 10.3 Å². The molecule has 13 nitrogen and oxygen atoms in total. The molecule has 0 aliphatic rings. The maximum absolute atomic E-state index is 12.8. The fourth-order valence-electron chi connectivity index (χ4n) is 2.84. The molecule has 0 radical (unpaired) electrons. The number of hydrogen-bond donors (Lipinski definition) is 2. The molecule has 0 unspecified atom stereocenters. The topological polar surface area (TPSA) is 168 Å². The lowest BCUT2D eigenvalue weighted by atomic mass is 10.0. The van der Waals surface area contributed by atoms with Gasteiger partial charge in [-0.25, -0.2) is 10.1 Å². The molecule has 0 saturated carbocycles. The number of rotatable bonds is 8. The first-order valence-electron chi connectivity index (χ1n) is 9.87. The van der Waals surface area contributed by atoms with E-state index in [1.54, 1.807) is 17.1 Å². The van der Waals surface area contributed by atoms with Crippen molar-refractivity contribution in [1.82, 2.24) is 45.5 Å². The second-order valence-electron chi connectivity index (χ2n) is 7.30. The fraction of sp³-hybridized carbons (Fsp3) is 0.263. The van der Waals surface area contributed by atoms with Crippen LogP contribution in [0.2, 0.25) is 0 Å². The van der Waals surface area contributed by atoms with E-state index in [-0.39, 0.29) is 23.1 Å². The van der Waals surface area contributed by atoms with Gasteiger partial charge in [0.25, 0.3) is 5.91 Å². The number of nitrogens with two attached hydrogens (primary N) is 1. The van der Waals surface area contributed by atoms with Gasteiger partial charge in [-0.1, -0.05) is 55.1 Å². The van der Waals surface area contributed by atoms with Crippen molar-refractivity contribution < 1.29 is 9.42 Å². The molecule has 14 heteroatoms. The molecule has 0 saturated heterocycles. The summed E-state index contributed by atoms with van der Waals surface area (Å²) in [4.78, 5) is 12.8. The lowest BCUT2D eigenvalue weighted by molar-refractivity contribution is 0.0949. The van der Waals surface area contributed by atoms with Gasteiger partial charge in [-0.3, -0.25) is 4.79 Å². The second-order valence-corrected chi connectivity index (χ2v) is 8.25. The van der Waals surface area contributed by atoms with E-state index in [9.17, 15) is 4.79 Å². The molecule has 1 amide bonds. The van der Waals surface area contributed by atoms with Gasteiger partial charge in [0.05, 0.1) is 11.9 Å². The highest BCUT2D eigenvalue weighted by Gasteiger charge is 2.24. The predicted octanol–water partition coefficient (Wildman–Crippen LogP) is 1.54. The summed E-state index contributed by atoms with van der Waals surface area (Å²) in [6.45, 7) is 4.25. The van der Waals surface area contributed by atoms with Gasteiger partial charge in [0.15, 0.2) is 10.9 Å². The van der Waals surface area contributed by atoms with E-state index in [1.807, 2.05) is 31.3 Å². The Balaban J connectivity index is 1.54. The number of carbonyl (C=O) groups is 1. The van der Waals surface area contributed by atoms with Crippen LogP contribution in [0, 0.1) is 0 Å². The first kappa shape index (κ1) is 22.1. The maximum Gasteiger partial charge on any atom is 0.293 e. The quantitative estimate of drug-likeness (QED) is 0.220. The third kappa shape index (κ3) is 4.90. The molecule has 33 heavy (non-hydrogen) atoms. The van der Waals surface area contributed by atoms with Crippen molar-refractivity contribution in [3.63, 3.8) is 0 Å². The van der Waals surface area contributed by atoms with Crippen molar-refractivity contribution in [3.8, 4) is 5.82 Å². The molecule has 3 N–H and O–H groups in total. The number of amides is 1. The molecule has 0 bridgehead atoms. The molecule has 0 fully saturated rings. The Hall–Kier alpha value is -4.07. The molecule has 3 heterocycles. The van der Waals surface area contributed by atoms with Crippen LogP contribution in [0.1, 0.15) is 47.1 Å². The molecule has 4 rings (SSSR count). The highest BCUT2D eigenvalue weighted by atomic mass is 32.2. The minimum absolute atomic E-state index is 0.0135. The highest BCUT2D eigenvalue weighted by Crippen LogP contribution is 2.24. The second kappa shape index (κ2) is 9.60. The molecule has 1 aromatic carbocycles. The number of thioether (sulfide) groups is 1. The lowest BCUT2D eigenvalue weighted by Crippen LogP contribution is -2.20. The number of carbonyl (C=O) groups excluding carboxylic acids is 1. The average Bonchev–Trinajstić information content (AvgIpc) is 3.52. The Kier molecular flexibility index (Phi) is 6.44. The number of anilines is 1. The Morgan fingerprint density at radius 3 is 2.70 bits per heavy atom. The third-order valence-electron chi connectivity index (χ3n) is 4.67. The minimum Gasteiger partial charge on any atom is -0.378 e. The van der Waals surface area contributed by atoms with Crippen molar-refractivity contribution in [2.24, 2.45) is 12.1 Å². The van der Waals surface area contributed by atoms with E-state index in [1.165, 1.54) is 22.0 Å². The van der Waals surface area contributed by atoms with Gasteiger partial charge in [-0.2, -0.15) is 9.78 Å². The summed E-state index contributed by atoms with van der Waals surface area (Å²) in [5.41, 5.74) is 10.8. The molecule has 3 aromatic heterocycles. The van der Waals surface area contributed by atoms with Crippen LogP contribution in [0.5, 0.6) is 0 Å². The molecule has 0 atom stereocenters. The Morgan fingerprint density at radius 2 is 2.06 bits per heavy atom. The van der Waals surface area contributed by atoms with E-state index in [2.05, 4.69) is 59.8 Å². The molecule has 0 aliphatic heterocycles. The zero-order valence-electron chi connectivity index (χ0n) is 18.1. The number of aromatic nitrogens is 8. The summed E-state index contributed by atoms with van der Waals surface area (Å²) >= 11 is 1.34. The van der Waals surface area contributed by atoms with Gasteiger partial charge >= 0.3 is 0 Å². The fourth-order valence-corrected chi connectivity index (χ4v) is 3.72. The van der Waals surface area contributed by atoms with Crippen LogP contribution in [-0.2, 0) is 12.8 Å². The number of nitrogens with zero attached hydrogens (tertiary/aromatic N) is 9. The van der Waals surface area contributed by atoms with Gasteiger partial charge in [0, 0.05) is 12.8 Å². The van der Waals surface area contributed by atoms with Crippen molar-refractivity contribution in [2.45, 2.75) is 30.7 Å². The van der Waals surface area contributed by atoms with Gasteiger partial charge in [0.2, 0.25) is 11.6 Å². The number of nitrogens with one attached hydrogen (secondary N) is 1. The van der Waals surface area contributed by atoms with E-state index < -0.39 is 5.91 Å². The summed E-state index contributed by atoms with van der Waals surface area (Å²) < 4.78 is 7.71. The van der Waals surface area contributed by atoms with E-state index in [0.717, 1.165) is 5.56 Å². The summed E-state index contributed by atoms with van der Waals surface area (Å²) in [6.07, 6.45) is 3.13. The minimum atomic E-state index is -0.542. The molecule has 0 spiro atoms. The smallest absolute Gasteiger partial charge is 0.293 e. The highest BCUT2D eigenvalue weighted by molar-refractivity contribution is 7.98. The van der Waals surface area contributed by atoms with Crippen LogP contribution < -0.4 is 11.2 Å². The van der Waals surface area contributed by atoms with Crippen LogP contribution in [0.4, 0.5) is 5.82 Å². The Morgan fingerprint density at radius 1 is 1.27 bits per heavy atom. The third-order valence-corrected chi connectivity index (χ3v) is 5.71. The van der Waals surface area contributed by atoms with Crippen molar-refractivity contribution in [2.75, 3.05) is 5.73 Å². The van der Waals surface area contributed by atoms with Crippen LogP contribution in [0.15, 0.2) is 45.5 Å². The number of aryl methyl sites for hydroxylation is 1. The molecular formula is C19H21N11O2S. The monoisotopic (exact) mass is 467 g/mol. The van der Waals surface area contributed by atoms with Gasteiger partial charge in [0.1, 0.15) is 6.33 Å². The molecule has 4 aromatic rings. The SMILES string of the molecule is CC(C)c1ccc(C=NNC(=O)c2nnn(-c3nonc3N)c2CSc2nncn2C)cc1. The molecular weight excluding hydrogens is 446 g/mol. The zero-order valence-corrected chi connectivity index (χ0v) is 18.9. The first-order chi connectivity index (χ1) is 15.9. The lowest BCUT2D eigenvalue weighted by Gasteiger charge is -2.05. The Labute approximate surface area is 192 Å². The maximum atomic E-state index is 12.8. The van der Waals surface area contributed by atoms with Gasteiger partial charge in [-0.05, 0) is 27.4 Å². The summed E-state index contributed by atoms with van der Waals surface area (Å²) in [6, 6.07) is 7.92. The van der Waals surface area contributed by atoms with Crippen molar-refractivity contribution >= 4 is 29.7 Å². The number of nitrogen functional groups attached to an aromatic ring is 1. The molecule has 0 aliphatic carbocycles.